The molecule has 5 nitrogen and oxygen atoms in total. The third-order valence-corrected chi connectivity index (χ3v) is 5.86. The van der Waals surface area contributed by atoms with Crippen molar-refractivity contribution in [2.45, 2.75) is 38.5 Å². The zero-order chi connectivity index (χ0) is 19.7. The molecule has 4 rings (SSSR count). The van der Waals surface area contributed by atoms with E-state index in [1.807, 2.05) is 38.1 Å². The van der Waals surface area contributed by atoms with Crippen molar-refractivity contribution in [2.75, 3.05) is 6.54 Å². The first-order valence-corrected chi connectivity index (χ1v) is 9.90. The molecule has 1 aliphatic rings. The van der Waals surface area contributed by atoms with E-state index in [1.165, 1.54) is 12.0 Å². The average Bonchev–Trinajstić information content (AvgIpc) is 3.00. The second-order valence-electron chi connectivity index (χ2n) is 7.52. The van der Waals surface area contributed by atoms with Crippen LogP contribution in [0.2, 0.25) is 5.02 Å². The highest BCUT2D eigenvalue weighted by atomic mass is 35.5. The molecule has 1 amide bonds. The van der Waals surface area contributed by atoms with Crippen LogP contribution >= 0.6 is 11.6 Å². The number of nitrogens with zero attached hydrogens (tertiary/aromatic N) is 3. The van der Waals surface area contributed by atoms with E-state index >= 15 is 0 Å². The van der Waals surface area contributed by atoms with Gasteiger partial charge in [-0.3, -0.25) is 4.79 Å². The van der Waals surface area contributed by atoms with Crippen molar-refractivity contribution >= 4 is 17.5 Å². The summed E-state index contributed by atoms with van der Waals surface area (Å²) in [6.45, 7) is 4.46. The number of carbonyl (C=O) groups is 1. The number of nitrogens with one attached hydrogen (secondary N) is 1. The Balaban J connectivity index is 1.55. The molecule has 0 spiro atoms. The maximum atomic E-state index is 12.9. The van der Waals surface area contributed by atoms with E-state index in [9.17, 15) is 4.79 Å². The van der Waals surface area contributed by atoms with Gasteiger partial charge >= 0.3 is 0 Å². The number of aromatic nitrogens is 3. The number of pyridine rings is 1. The Hall–Kier alpha value is -2.66. The van der Waals surface area contributed by atoms with Crippen LogP contribution in [-0.2, 0) is 5.41 Å². The third-order valence-electron chi connectivity index (χ3n) is 5.56. The van der Waals surface area contributed by atoms with Crippen LogP contribution in [0.25, 0.3) is 5.82 Å². The van der Waals surface area contributed by atoms with Gasteiger partial charge in [0.2, 0.25) is 0 Å². The molecule has 2 heterocycles. The van der Waals surface area contributed by atoms with Gasteiger partial charge in [-0.2, -0.15) is 5.10 Å². The van der Waals surface area contributed by atoms with E-state index in [0.29, 0.717) is 17.4 Å². The molecule has 1 saturated carbocycles. The molecule has 0 radical (unpaired) electrons. The van der Waals surface area contributed by atoms with E-state index in [1.54, 1.807) is 16.8 Å². The summed E-state index contributed by atoms with van der Waals surface area (Å²) < 4.78 is 1.72. The summed E-state index contributed by atoms with van der Waals surface area (Å²) in [5.41, 5.74) is 3.37. The van der Waals surface area contributed by atoms with E-state index in [4.69, 9.17) is 11.6 Å². The predicted octanol–water partition coefficient (Wildman–Crippen LogP) is 4.39. The van der Waals surface area contributed by atoms with Crippen molar-refractivity contribution in [3.05, 3.63) is 76.2 Å². The lowest BCUT2D eigenvalue weighted by atomic mass is 9.64. The maximum Gasteiger partial charge on any atom is 0.271 e. The highest BCUT2D eigenvalue weighted by Crippen LogP contribution is 2.43. The van der Waals surface area contributed by atoms with Gasteiger partial charge in [0, 0.05) is 17.7 Å². The number of benzene rings is 1. The van der Waals surface area contributed by atoms with Crippen molar-refractivity contribution in [1.82, 2.24) is 20.1 Å². The molecule has 0 atom stereocenters. The number of hydrogen-bond acceptors (Lipinski definition) is 3. The summed E-state index contributed by atoms with van der Waals surface area (Å²) >= 11 is 6.29. The number of hydrogen-bond donors (Lipinski definition) is 1. The highest BCUT2D eigenvalue weighted by Gasteiger charge is 2.38. The lowest BCUT2D eigenvalue weighted by Gasteiger charge is -2.42. The summed E-state index contributed by atoms with van der Waals surface area (Å²) in [6, 6.07) is 15.8. The number of halogens is 1. The zero-order valence-electron chi connectivity index (χ0n) is 16.1. The second kappa shape index (κ2) is 7.40. The van der Waals surface area contributed by atoms with Crippen molar-refractivity contribution in [3.8, 4) is 5.82 Å². The first-order chi connectivity index (χ1) is 13.5. The summed E-state index contributed by atoms with van der Waals surface area (Å²) in [6.07, 6.45) is 3.33. The monoisotopic (exact) mass is 394 g/mol. The van der Waals surface area contributed by atoms with Crippen molar-refractivity contribution in [3.63, 3.8) is 0 Å². The lowest BCUT2D eigenvalue weighted by Crippen LogP contribution is -2.45. The Kier molecular flexibility index (Phi) is 4.94. The van der Waals surface area contributed by atoms with Gasteiger partial charge in [-0.1, -0.05) is 48.4 Å². The minimum atomic E-state index is -0.254. The van der Waals surface area contributed by atoms with Crippen LogP contribution in [0.15, 0.2) is 48.5 Å². The van der Waals surface area contributed by atoms with Crippen molar-refractivity contribution in [1.29, 1.82) is 0 Å². The number of carbonyl (C=O) groups excluding carboxylic acids is 1. The first-order valence-electron chi connectivity index (χ1n) is 9.52. The van der Waals surface area contributed by atoms with Crippen LogP contribution < -0.4 is 5.32 Å². The Bertz CT molecular complexity index is 1010. The van der Waals surface area contributed by atoms with Crippen LogP contribution in [0.5, 0.6) is 0 Å². The molecule has 6 heteroatoms. The van der Waals surface area contributed by atoms with Crippen molar-refractivity contribution < 1.29 is 4.79 Å². The van der Waals surface area contributed by atoms with E-state index in [0.717, 1.165) is 24.2 Å². The van der Waals surface area contributed by atoms with Crippen LogP contribution in [0.3, 0.4) is 0 Å². The van der Waals surface area contributed by atoms with Gasteiger partial charge in [0.05, 0.1) is 10.7 Å². The Labute approximate surface area is 169 Å². The molecule has 1 aromatic carbocycles. The molecule has 0 saturated heterocycles. The average molecular weight is 395 g/mol. The van der Waals surface area contributed by atoms with Gasteiger partial charge in [0.15, 0.2) is 5.82 Å². The molecular formula is C22H23ClN4O. The van der Waals surface area contributed by atoms with Gasteiger partial charge < -0.3 is 5.32 Å². The number of aryl methyl sites for hydroxylation is 2. The molecule has 3 aromatic rings. The summed E-state index contributed by atoms with van der Waals surface area (Å²) in [5.74, 6) is 0.331. The van der Waals surface area contributed by atoms with E-state index < -0.39 is 0 Å². The maximum absolute atomic E-state index is 12.9. The number of amides is 1. The Morgan fingerprint density at radius 2 is 1.93 bits per heavy atom. The van der Waals surface area contributed by atoms with Gasteiger partial charge in [0.1, 0.15) is 5.69 Å². The van der Waals surface area contributed by atoms with Crippen LogP contribution in [0.1, 0.15) is 46.7 Å². The fraction of sp³-hybridized carbons (Fsp3) is 0.318. The molecule has 2 aromatic heterocycles. The first kappa shape index (κ1) is 18.7. The Morgan fingerprint density at radius 1 is 1.18 bits per heavy atom. The fourth-order valence-electron chi connectivity index (χ4n) is 3.87. The highest BCUT2D eigenvalue weighted by molar-refractivity contribution is 6.33. The lowest BCUT2D eigenvalue weighted by molar-refractivity contribution is 0.0923. The van der Waals surface area contributed by atoms with E-state index in [-0.39, 0.29) is 17.0 Å². The SMILES string of the molecule is Cc1cc(C)n(-c2ccc(Cl)c(C(=O)NCC3(c4ccccc4)CCC3)n2)n1. The van der Waals surface area contributed by atoms with Gasteiger partial charge in [0.25, 0.3) is 5.91 Å². The molecular weight excluding hydrogens is 372 g/mol. The third kappa shape index (κ3) is 3.42. The zero-order valence-corrected chi connectivity index (χ0v) is 16.8. The van der Waals surface area contributed by atoms with E-state index in [2.05, 4.69) is 27.5 Å². The molecule has 144 valence electrons. The molecule has 0 bridgehead atoms. The minimum Gasteiger partial charge on any atom is -0.350 e. The molecule has 0 aliphatic heterocycles. The van der Waals surface area contributed by atoms with Gasteiger partial charge in [-0.15, -0.1) is 0 Å². The molecule has 0 unspecified atom stereocenters. The van der Waals surface area contributed by atoms with Crippen molar-refractivity contribution in [2.24, 2.45) is 0 Å². The molecule has 1 N–H and O–H groups in total. The minimum absolute atomic E-state index is 0.0106. The molecule has 1 fully saturated rings. The smallest absolute Gasteiger partial charge is 0.271 e. The fourth-order valence-corrected chi connectivity index (χ4v) is 4.06. The molecule has 1 aliphatic carbocycles. The van der Waals surface area contributed by atoms with Gasteiger partial charge in [-0.25, -0.2) is 9.67 Å². The summed E-state index contributed by atoms with van der Waals surface area (Å²) in [7, 11) is 0. The van der Waals surface area contributed by atoms with Crippen LogP contribution in [-0.4, -0.2) is 27.2 Å². The molecule has 28 heavy (non-hydrogen) atoms. The van der Waals surface area contributed by atoms with Crippen LogP contribution in [0, 0.1) is 13.8 Å². The topological polar surface area (TPSA) is 59.8 Å². The van der Waals surface area contributed by atoms with Gasteiger partial charge in [-0.05, 0) is 50.5 Å². The van der Waals surface area contributed by atoms with Crippen LogP contribution in [0.4, 0.5) is 0 Å². The second-order valence-corrected chi connectivity index (χ2v) is 7.93. The summed E-state index contributed by atoms with van der Waals surface area (Å²) in [4.78, 5) is 17.4. The Morgan fingerprint density at radius 3 is 2.54 bits per heavy atom. The number of rotatable bonds is 5. The predicted molar refractivity (Wildman–Crippen MR) is 110 cm³/mol. The summed E-state index contributed by atoms with van der Waals surface area (Å²) in [5, 5.41) is 7.84. The quantitative estimate of drug-likeness (QED) is 0.698. The largest absolute Gasteiger partial charge is 0.350 e. The standard InChI is InChI=1S/C22H23ClN4O/c1-15-13-16(2)27(26-15)19-10-9-18(23)20(25-19)21(28)24-14-22(11-6-12-22)17-7-4-3-5-8-17/h3-5,7-10,13H,6,11-12,14H2,1-2H3,(H,24,28). The normalized spacial score (nSPS) is 15.1.